The van der Waals surface area contributed by atoms with Crippen molar-refractivity contribution in [2.24, 2.45) is 5.41 Å². The number of amides is 2. The average Bonchev–Trinajstić information content (AvgIpc) is 2.76. The molecular weight excluding hydrogens is 318 g/mol. The number of aryl methyl sites for hydroxylation is 1. The lowest BCUT2D eigenvalue weighted by Crippen LogP contribution is -2.53. The molecule has 0 spiro atoms. The SMILES string of the molecule is CCc1nc(C(=O)N[C@H](C(=O)NC)C(C)(C)C)c2n1CCCN(C)C2. The van der Waals surface area contributed by atoms with E-state index >= 15 is 0 Å². The van der Waals surface area contributed by atoms with Crippen molar-refractivity contribution in [3.63, 3.8) is 0 Å². The Morgan fingerprint density at radius 1 is 1.28 bits per heavy atom. The maximum Gasteiger partial charge on any atom is 0.272 e. The standard InChI is InChI=1S/C18H31N5O2/c1-7-13-20-14(12-11-22(6)9-8-10-23(12)13)16(24)21-15(17(25)19-5)18(2,3)4/h15H,7-11H2,1-6H3,(H,19,25)(H,21,24)/t15-/m1/s1. The van der Waals surface area contributed by atoms with Crippen LogP contribution in [0.2, 0.25) is 0 Å². The molecule has 25 heavy (non-hydrogen) atoms. The van der Waals surface area contributed by atoms with Crippen LogP contribution < -0.4 is 10.6 Å². The number of aromatic nitrogens is 2. The van der Waals surface area contributed by atoms with Gasteiger partial charge in [-0.15, -0.1) is 0 Å². The minimum atomic E-state index is -0.615. The van der Waals surface area contributed by atoms with Crippen LogP contribution in [0, 0.1) is 5.41 Å². The van der Waals surface area contributed by atoms with Crippen molar-refractivity contribution in [1.29, 1.82) is 0 Å². The summed E-state index contributed by atoms with van der Waals surface area (Å²) in [5, 5.41) is 5.54. The molecule has 0 aliphatic carbocycles. The Labute approximate surface area is 150 Å². The van der Waals surface area contributed by atoms with Gasteiger partial charge in [-0.3, -0.25) is 9.59 Å². The minimum Gasteiger partial charge on any atom is -0.357 e. The predicted octanol–water partition coefficient (Wildman–Crippen LogP) is 1.17. The maximum absolute atomic E-state index is 13.0. The van der Waals surface area contributed by atoms with Crippen LogP contribution in [0.15, 0.2) is 0 Å². The molecule has 7 heteroatoms. The van der Waals surface area contributed by atoms with E-state index in [1.54, 1.807) is 7.05 Å². The van der Waals surface area contributed by atoms with E-state index < -0.39 is 11.5 Å². The molecule has 2 amide bonds. The van der Waals surface area contributed by atoms with Crippen molar-refractivity contribution in [3.8, 4) is 0 Å². The zero-order chi connectivity index (χ0) is 18.8. The molecule has 0 bridgehead atoms. The maximum atomic E-state index is 13.0. The third kappa shape index (κ3) is 4.21. The number of hydrogen-bond donors (Lipinski definition) is 2. The molecule has 0 saturated heterocycles. The summed E-state index contributed by atoms with van der Waals surface area (Å²) in [7, 11) is 3.64. The number of likely N-dealkylation sites (N-methyl/N-ethyl adjacent to an activating group) is 1. The lowest BCUT2D eigenvalue weighted by atomic mass is 9.86. The highest BCUT2D eigenvalue weighted by molar-refractivity contribution is 5.97. The van der Waals surface area contributed by atoms with Crippen molar-refractivity contribution in [1.82, 2.24) is 25.1 Å². The Kier molecular flexibility index (Phi) is 5.87. The number of carbonyl (C=O) groups excluding carboxylic acids is 2. The molecule has 0 radical (unpaired) electrons. The highest BCUT2D eigenvalue weighted by Crippen LogP contribution is 2.22. The van der Waals surface area contributed by atoms with E-state index in [0.29, 0.717) is 12.2 Å². The molecule has 1 aliphatic rings. The number of fused-ring (bicyclic) bond motifs is 1. The zero-order valence-corrected chi connectivity index (χ0v) is 16.3. The summed E-state index contributed by atoms with van der Waals surface area (Å²) < 4.78 is 2.17. The molecule has 7 nitrogen and oxygen atoms in total. The molecule has 1 aliphatic heterocycles. The average molecular weight is 349 g/mol. The summed E-state index contributed by atoms with van der Waals surface area (Å²) in [4.78, 5) is 32.0. The molecule has 0 aromatic carbocycles. The Morgan fingerprint density at radius 3 is 2.52 bits per heavy atom. The van der Waals surface area contributed by atoms with Gasteiger partial charge in [-0.25, -0.2) is 4.98 Å². The van der Waals surface area contributed by atoms with E-state index in [1.807, 2.05) is 27.7 Å². The molecular formula is C18H31N5O2. The van der Waals surface area contributed by atoms with Crippen LogP contribution in [0.5, 0.6) is 0 Å². The smallest absolute Gasteiger partial charge is 0.272 e. The predicted molar refractivity (Wildman–Crippen MR) is 97.3 cm³/mol. The van der Waals surface area contributed by atoms with E-state index in [2.05, 4.69) is 32.1 Å². The molecule has 1 atom stereocenters. The molecule has 140 valence electrons. The van der Waals surface area contributed by atoms with Gasteiger partial charge in [-0.1, -0.05) is 27.7 Å². The van der Waals surface area contributed by atoms with E-state index in [-0.39, 0.29) is 11.8 Å². The summed E-state index contributed by atoms with van der Waals surface area (Å²) in [6.07, 6.45) is 1.82. The monoisotopic (exact) mass is 349 g/mol. The van der Waals surface area contributed by atoms with Gasteiger partial charge in [0.05, 0.1) is 5.69 Å². The van der Waals surface area contributed by atoms with Gasteiger partial charge in [0.1, 0.15) is 11.9 Å². The van der Waals surface area contributed by atoms with Gasteiger partial charge < -0.3 is 20.1 Å². The van der Waals surface area contributed by atoms with Gasteiger partial charge >= 0.3 is 0 Å². The number of nitrogens with one attached hydrogen (secondary N) is 2. The van der Waals surface area contributed by atoms with Crippen LogP contribution in [-0.4, -0.2) is 52.9 Å². The first-order valence-corrected chi connectivity index (χ1v) is 8.98. The first kappa shape index (κ1) is 19.4. The molecule has 2 rings (SSSR count). The van der Waals surface area contributed by atoms with E-state index in [4.69, 9.17) is 0 Å². The number of rotatable bonds is 4. The number of hydrogen-bond acceptors (Lipinski definition) is 4. The van der Waals surface area contributed by atoms with Crippen LogP contribution >= 0.6 is 0 Å². The van der Waals surface area contributed by atoms with Gasteiger partial charge in [0.15, 0.2) is 5.69 Å². The van der Waals surface area contributed by atoms with Gasteiger partial charge in [0, 0.05) is 26.6 Å². The first-order valence-electron chi connectivity index (χ1n) is 8.98. The second-order valence-corrected chi connectivity index (χ2v) is 7.81. The first-order chi connectivity index (χ1) is 11.7. The number of imidazole rings is 1. The van der Waals surface area contributed by atoms with Crippen molar-refractivity contribution in [2.75, 3.05) is 20.6 Å². The van der Waals surface area contributed by atoms with Crippen molar-refractivity contribution >= 4 is 11.8 Å². The van der Waals surface area contributed by atoms with E-state index in [9.17, 15) is 9.59 Å². The quantitative estimate of drug-likeness (QED) is 0.855. The van der Waals surface area contributed by atoms with Gasteiger partial charge in [0.2, 0.25) is 5.91 Å². The summed E-state index contributed by atoms with van der Waals surface area (Å²) in [6, 6.07) is -0.615. The number of carbonyl (C=O) groups is 2. The Bertz CT molecular complexity index is 645. The van der Waals surface area contributed by atoms with Crippen molar-refractivity contribution < 1.29 is 9.59 Å². The molecule has 2 heterocycles. The molecule has 0 saturated carbocycles. The minimum absolute atomic E-state index is 0.195. The fourth-order valence-electron chi connectivity index (χ4n) is 3.27. The topological polar surface area (TPSA) is 79.3 Å². The van der Waals surface area contributed by atoms with E-state index in [1.165, 1.54) is 0 Å². The van der Waals surface area contributed by atoms with E-state index in [0.717, 1.165) is 37.4 Å². The third-order valence-corrected chi connectivity index (χ3v) is 4.67. The lowest BCUT2D eigenvalue weighted by Gasteiger charge is -2.29. The molecule has 1 aromatic rings. The molecule has 1 aromatic heterocycles. The lowest BCUT2D eigenvalue weighted by molar-refractivity contribution is -0.124. The fraction of sp³-hybridized carbons (Fsp3) is 0.722. The van der Waals surface area contributed by atoms with Crippen LogP contribution in [-0.2, 0) is 24.3 Å². The second-order valence-electron chi connectivity index (χ2n) is 7.81. The third-order valence-electron chi connectivity index (χ3n) is 4.67. The Morgan fingerprint density at radius 2 is 1.96 bits per heavy atom. The highest BCUT2D eigenvalue weighted by atomic mass is 16.2. The van der Waals surface area contributed by atoms with Crippen LogP contribution in [0.4, 0.5) is 0 Å². The van der Waals surface area contributed by atoms with Gasteiger partial charge in [-0.2, -0.15) is 0 Å². The summed E-state index contributed by atoms with van der Waals surface area (Å²) in [5.74, 6) is 0.462. The van der Waals surface area contributed by atoms with Crippen LogP contribution in [0.25, 0.3) is 0 Å². The molecule has 0 fully saturated rings. The van der Waals surface area contributed by atoms with Gasteiger partial charge in [-0.05, 0) is 25.4 Å². The number of nitrogens with zero attached hydrogens (tertiary/aromatic N) is 3. The van der Waals surface area contributed by atoms with Crippen molar-refractivity contribution in [2.45, 2.75) is 59.7 Å². The van der Waals surface area contributed by atoms with Crippen molar-refractivity contribution in [3.05, 3.63) is 17.2 Å². The molecule has 2 N–H and O–H groups in total. The summed E-state index contributed by atoms with van der Waals surface area (Å²) >= 11 is 0. The van der Waals surface area contributed by atoms with Crippen LogP contribution in [0.3, 0.4) is 0 Å². The zero-order valence-electron chi connectivity index (χ0n) is 16.3. The fourth-order valence-corrected chi connectivity index (χ4v) is 3.27. The van der Waals surface area contributed by atoms with Crippen LogP contribution in [0.1, 0.15) is 56.1 Å². The largest absolute Gasteiger partial charge is 0.357 e. The normalized spacial score (nSPS) is 16.7. The Hall–Kier alpha value is -1.89. The highest BCUT2D eigenvalue weighted by Gasteiger charge is 2.34. The summed E-state index contributed by atoms with van der Waals surface area (Å²) in [5.41, 5.74) is 0.999. The molecule has 0 unspecified atom stereocenters. The Balaban J connectivity index is 2.36. The summed E-state index contributed by atoms with van der Waals surface area (Å²) in [6.45, 7) is 10.4. The van der Waals surface area contributed by atoms with Gasteiger partial charge in [0.25, 0.3) is 5.91 Å². The second kappa shape index (κ2) is 7.56.